The highest BCUT2D eigenvalue weighted by atomic mass is 16.5. The van der Waals surface area contributed by atoms with Crippen LogP contribution in [-0.2, 0) is 14.3 Å². The van der Waals surface area contributed by atoms with Gasteiger partial charge in [0.25, 0.3) is 0 Å². The summed E-state index contributed by atoms with van der Waals surface area (Å²) in [5.74, 6) is 0.176. The number of rotatable bonds is 25. The number of carbonyl (C=O) groups excluding carboxylic acids is 2. The van der Waals surface area contributed by atoms with Gasteiger partial charge in [-0.25, -0.2) is 0 Å². The second kappa shape index (κ2) is 21.0. The Kier molecular flexibility index (Phi) is 20.3. The summed E-state index contributed by atoms with van der Waals surface area (Å²) in [6.45, 7) is 9.55. The van der Waals surface area contributed by atoms with Crippen molar-refractivity contribution in [3.63, 3.8) is 0 Å². The maximum atomic E-state index is 12.1. The van der Waals surface area contributed by atoms with Crippen LogP contribution >= 0.6 is 0 Å². The van der Waals surface area contributed by atoms with E-state index in [4.69, 9.17) is 4.74 Å². The van der Waals surface area contributed by atoms with Crippen LogP contribution in [-0.4, -0.2) is 114 Å². The number of amides is 2. The van der Waals surface area contributed by atoms with E-state index in [2.05, 4.69) is 47.5 Å². The van der Waals surface area contributed by atoms with Crippen molar-refractivity contribution in [3.05, 3.63) is 0 Å². The maximum absolute atomic E-state index is 12.1. The number of quaternary nitrogens is 2. The van der Waals surface area contributed by atoms with Crippen LogP contribution < -0.4 is 5.32 Å². The molecular weight excluding hydrogens is 440 g/mol. The fourth-order valence-electron chi connectivity index (χ4n) is 4.10. The summed E-state index contributed by atoms with van der Waals surface area (Å²) in [5.41, 5.74) is 0. The van der Waals surface area contributed by atoms with E-state index >= 15 is 0 Å². The predicted octanol–water partition coefficient (Wildman–Crippen LogP) is 4.06. The Bertz CT molecular complexity index is 521. The molecule has 7 nitrogen and oxygen atoms in total. The van der Waals surface area contributed by atoms with Crippen molar-refractivity contribution in [1.82, 2.24) is 10.2 Å². The molecular formula is C28H60N4O3+2. The van der Waals surface area contributed by atoms with Gasteiger partial charge in [-0.15, -0.1) is 0 Å². The predicted molar refractivity (Wildman–Crippen MR) is 147 cm³/mol. The van der Waals surface area contributed by atoms with E-state index in [0.717, 1.165) is 113 Å². The number of carbonyl (C=O) groups is 2. The second-order valence-electron chi connectivity index (χ2n) is 11.8. The van der Waals surface area contributed by atoms with Crippen LogP contribution in [0.2, 0.25) is 0 Å². The molecule has 0 spiro atoms. The van der Waals surface area contributed by atoms with E-state index in [9.17, 15) is 9.59 Å². The first kappa shape index (κ1) is 33.8. The number of likely N-dealkylation sites (N-methyl/N-ethyl adjacent to an activating group) is 1. The monoisotopic (exact) mass is 500 g/mol. The molecule has 0 aromatic carbocycles. The SMILES string of the molecule is CCCOCC[N+](C)(C)CCCNC(=O)CCCCCCCN(C=O)CCCCCC[N+](C)(C)C. The van der Waals surface area contributed by atoms with E-state index in [0.29, 0.717) is 6.42 Å². The number of ether oxygens (including phenoxy) is 1. The lowest BCUT2D eigenvalue weighted by Gasteiger charge is -2.29. The maximum Gasteiger partial charge on any atom is 0.219 e. The van der Waals surface area contributed by atoms with Gasteiger partial charge >= 0.3 is 0 Å². The molecule has 0 rings (SSSR count). The average Bonchev–Trinajstić information content (AvgIpc) is 2.79. The van der Waals surface area contributed by atoms with Crippen LogP contribution in [0.5, 0.6) is 0 Å². The Morgan fingerprint density at radius 3 is 1.97 bits per heavy atom. The molecule has 0 aromatic heterocycles. The largest absolute Gasteiger partial charge is 0.376 e. The van der Waals surface area contributed by atoms with Crippen LogP contribution in [0.1, 0.15) is 84.0 Å². The van der Waals surface area contributed by atoms with Crippen molar-refractivity contribution in [1.29, 1.82) is 0 Å². The minimum Gasteiger partial charge on any atom is -0.376 e. The smallest absolute Gasteiger partial charge is 0.219 e. The molecule has 0 saturated heterocycles. The highest BCUT2D eigenvalue weighted by Crippen LogP contribution is 2.08. The van der Waals surface area contributed by atoms with Gasteiger partial charge in [-0.3, -0.25) is 9.59 Å². The van der Waals surface area contributed by atoms with Crippen LogP contribution in [0.25, 0.3) is 0 Å². The first-order valence-electron chi connectivity index (χ1n) is 14.3. The lowest BCUT2D eigenvalue weighted by Crippen LogP contribution is -2.44. The molecule has 0 saturated carbocycles. The summed E-state index contributed by atoms with van der Waals surface area (Å²) in [5, 5.41) is 3.07. The molecule has 0 atom stereocenters. The third kappa shape index (κ3) is 24.3. The van der Waals surface area contributed by atoms with Crippen LogP contribution in [0.3, 0.4) is 0 Å². The summed E-state index contributed by atoms with van der Waals surface area (Å²) in [4.78, 5) is 25.3. The van der Waals surface area contributed by atoms with Gasteiger partial charge in [0.1, 0.15) is 6.54 Å². The normalized spacial score (nSPS) is 12.1. The van der Waals surface area contributed by atoms with E-state index in [1.807, 2.05) is 4.90 Å². The van der Waals surface area contributed by atoms with Gasteiger partial charge in [0.05, 0.1) is 54.9 Å². The topological polar surface area (TPSA) is 58.6 Å². The molecule has 0 aliphatic rings. The number of hydrogen-bond acceptors (Lipinski definition) is 3. The summed E-state index contributed by atoms with van der Waals surface area (Å²) in [7, 11) is 11.1. The highest BCUT2D eigenvalue weighted by Gasteiger charge is 2.14. The fraction of sp³-hybridized carbons (Fsp3) is 0.929. The van der Waals surface area contributed by atoms with Crippen molar-refractivity contribution in [3.8, 4) is 0 Å². The van der Waals surface area contributed by atoms with E-state index in [1.54, 1.807) is 0 Å². The van der Waals surface area contributed by atoms with Crippen LogP contribution in [0, 0.1) is 0 Å². The van der Waals surface area contributed by atoms with E-state index in [-0.39, 0.29) is 5.91 Å². The average molecular weight is 501 g/mol. The minimum absolute atomic E-state index is 0.176. The fourth-order valence-corrected chi connectivity index (χ4v) is 4.10. The van der Waals surface area contributed by atoms with Crippen molar-refractivity contribution < 1.29 is 23.3 Å². The van der Waals surface area contributed by atoms with Gasteiger partial charge in [-0.1, -0.05) is 32.6 Å². The summed E-state index contributed by atoms with van der Waals surface area (Å²) in [6.07, 6.45) is 13.9. The molecule has 0 radical (unpaired) electrons. The summed E-state index contributed by atoms with van der Waals surface area (Å²) >= 11 is 0. The Hall–Kier alpha value is -1.18. The van der Waals surface area contributed by atoms with Crippen molar-refractivity contribution in [2.75, 3.05) is 87.7 Å². The van der Waals surface area contributed by atoms with Gasteiger partial charge in [-0.2, -0.15) is 0 Å². The molecule has 0 aromatic rings. The molecule has 0 aliphatic heterocycles. The van der Waals surface area contributed by atoms with Crippen LogP contribution in [0.15, 0.2) is 0 Å². The number of hydrogen-bond donors (Lipinski definition) is 1. The highest BCUT2D eigenvalue weighted by molar-refractivity contribution is 5.75. The second-order valence-corrected chi connectivity index (χ2v) is 11.8. The van der Waals surface area contributed by atoms with Crippen molar-refractivity contribution in [2.45, 2.75) is 84.0 Å². The third-order valence-electron chi connectivity index (χ3n) is 6.47. The number of unbranched alkanes of at least 4 members (excludes halogenated alkanes) is 7. The lowest BCUT2D eigenvalue weighted by molar-refractivity contribution is -0.890. The molecule has 0 aliphatic carbocycles. The quantitative estimate of drug-likeness (QED) is 0.117. The van der Waals surface area contributed by atoms with Gasteiger partial charge in [0.15, 0.2) is 0 Å². The van der Waals surface area contributed by atoms with Crippen molar-refractivity contribution >= 4 is 12.3 Å². The molecule has 2 amide bonds. The Morgan fingerprint density at radius 2 is 1.37 bits per heavy atom. The standard InChI is InChI=1S/C28H59N4O3/c1-7-25-35-26-24-32(5,6)23-17-19-29-28(34)18-13-9-8-10-14-20-30(27-33)21-15-11-12-16-22-31(2,3)4/h27H,7-26H2,1-6H3/q+1/p+1. The van der Waals surface area contributed by atoms with E-state index < -0.39 is 0 Å². The number of nitrogens with one attached hydrogen (secondary N) is 1. The first-order valence-corrected chi connectivity index (χ1v) is 14.3. The first-order chi connectivity index (χ1) is 16.6. The van der Waals surface area contributed by atoms with Crippen molar-refractivity contribution in [2.24, 2.45) is 0 Å². The Labute approximate surface area is 217 Å². The molecule has 0 bridgehead atoms. The van der Waals surface area contributed by atoms with E-state index in [1.165, 1.54) is 25.8 Å². The van der Waals surface area contributed by atoms with Crippen LogP contribution in [0.4, 0.5) is 0 Å². The molecule has 0 unspecified atom stereocenters. The van der Waals surface area contributed by atoms with Gasteiger partial charge in [0.2, 0.25) is 12.3 Å². The molecule has 1 N–H and O–H groups in total. The molecule has 0 fully saturated rings. The number of nitrogens with zero attached hydrogens (tertiary/aromatic N) is 3. The van der Waals surface area contributed by atoms with Gasteiger partial charge in [0, 0.05) is 39.1 Å². The molecule has 7 heteroatoms. The summed E-state index contributed by atoms with van der Waals surface area (Å²) < 4.78 is 7.55. The zero-order chi connectivity index (χ0) is 26.4. The molecule has 208 valence electrons. The minimum atomic E-state index is 0.176. The molecule has 0 heterocycles. The third-order valence-corrected chi connectivity index (χ3v) is 6.47. The van der Waals surface area contributed by atoms with Gasteiger partial charge < -0.3 is 23.9 Å². The Balaban J connectivity index is 3.59. The van der Waals surface area contributed by atoms with Gasteiger partial charge in [-0.05, 0) is 38.5 Å². The zero-order valence-corrected chi connectivity index (χ0v) is 24.3. The lowest BCUT2D eigenvalue weighted by atomic mass is 10.1. The molecule has 35 heavy (non-hydrogen) atoms. The Morgan fingerprint density at radius 1 is 0.771 bits per heavy atom. The zero-order valence-electron chi connectivity index (χ0n) is 24.3. The summed E-state index contributed by atoms with van der Waals surface area (Å²) in [6, 6.07) is 0.